The largest absolute Gasteiger partial charge is 0.481 e. The van der Waals surface area contributed by atoms with E-state index in [2.05, 4.69) is 10.6 Å². The van der Waals surface area contributed by atoms with Crippen LogP contribution in [0, 0.1) is 0 Å². The summed E-state index contributed by atoms with van der Waals surface area (Å²) >= 11 is 6.10. The predicted octanol–water partition coefficient (Wildman–Crippen LogP) is 2.16. The molecule has 126 valence electrons. The van der Waals surface area contributed by atoms with Crippen molar-refractivity contribution >= 4 is 23.6 Å². The van der Waals surface area contributed by atoms with Crippen molar-refractivity contribution < 1.29 is 19.4 Å². The van der Waals surface area contributed by atoms with Gasteiger partial charge in [-0.1, -0.05) is 23.7 Å². The Morgan fingerprint density at radius 1 is 1.26 bits per heavy atom. The van der Waals surface area contributed by atoms with Crippen LogP contribution in [0.5, 0.6) is 0 Å². The third-order valence-electron chi connectivity index (χ3n) is 4.10. The molecule has 1 heterocycles. The van der Waals surface area contributed by atoms with E-state index in [0.717, 1.165) is 18.4 Å². The minimum absolute atomic E-state index is 0.0965. The van der Waals surface area contributed by atoms with Gasteiger partial charge in [-0.15, -0.1) is 0 Å². The number of carbonyl (C=O) groups excluding carboxylic acids is 1. The maximum absolute atomic E-state index is 11.8. The molecule has 6 nitrogen and oxygen atoms in total. The normalized spacial score (nSPS) is 16.6. The zero-order chi connectivity index (χ0) is 16.7. The van der Waals surface area contributed by atoms with Crippen LogP contribution in [0.1, 0.15) is 24.8 Å². The monoisotopic (exact) mass is 340 g/mol. The Morgan fingerprint density at radius 2 is 2.00 bits per heavy atom. The van der Waals surface area contributed by atoms with E-state index >= 15 is 0 Å². The van der Waals surface area contributed by atoms with Gasteiger partial charge in [-0.2, -0.15) is 0 Å². The van der Waals surface area contributed by atoms with Crippen LogP contribution in [0.15, 0.2) is 24.3 Å². The highest BCUT2D eigenvalue weighted by Crippen LogP contribution is 2.35. The molecule has 0 atom stereocenters. The molecule has 7 heteroatoms. The van der Waals surface area contributed by atoms with Crippen LogP contribution in [0.2, 0.25) is 5.02 Å². The fraction of sp³-hybridized carbons (Fsp3) is 0.500. The summed E-state index contributed by atoms with van der Waals surface area (Å²) in [5.41, 5.74) is 0.868. The number of halogens is 1. The molecule has 2 amide bonds. The number of hydrogen-bond donors (Lipinski definition) is 3. The average molecular weight is 341 g/mol. The predicted molar refractivity (Wildman–Crippen MR) is 86.8 cm³/mol. The van der Waals surface area contributed by atoms with Gasteiger partial charge in [0.2, 0.25) is 0 Å². The smallest absolute Gasteiger partial charge is 0.314 e. The van der Waals surface area contributed by atoms with Crippen molar-refractivity contribution in [2.24, 2.45) is 0 Å². The van der Waals surface area contributed by atoms with Crippen LogP contribution in [-0.4, -0.2) is 43.4 Å². The Kier molecular flexibility index (Phi) is 6.24. The van der Waals surface area contributed by atoms with Crippen molar-refractivity contribution in [3.63, 3.8) is 0 Å². The molecule has 0 aromatic heterocycles. The summed E-state index contributed by atoms with van der Waals surface area (Å²) in [5.74, 6) is -0.940. The first kappa shape index (κ1) is 17.6. The Balaban J connectivity index is 1.99. The molecule has 1 saturated heterocycles. The van der Waals surface area contributed by atoms with E-state index in [9.17, 15) is 9.59 Å². The minimum Gasteiger partial charge on any atom is -0.481 e. The zero-order valence-corrected chi connectivity index (χ0v) is 13.6. The topological polar surface area (TPSA) is 87.7 Å². The van der Waals surface area contributed by atoms with Gasteiger partial charge >= 0.3 is 12.0 Å². The Hall–Kier alpha value is -1.79. The summed E-state index contributed by atoms with van der Waals surface area (Å²) in [4.78, 5) is 22.3. The molecule has 2 rings (SSSR count). The van der Waals surface area contributed by atoms with Gasteiger partial charge in [-0.25, -0.2) is 4.79 Å². The Labute approximate surface area is 140 Å². The first-order chi connectivity index (χ1) is 11.0. The van der Waals surface area contributed by atoms with Crippen LogP contribution in [0.3, 0.4) is 0 Å². The molecule has 1 fully saturated rings. The number of rotatable bonds is 6. The molecule has 23 heavy (non-hydrogen) atoms. The summed E-state index contributed by atoms with van der Waals surface area (Å²) < 4.78 is 5.45. The van der Waals surface area contributed by atoms with E-state index in [-0.39, 0.29) is 24.4 Å². The molecule has 0 radical (unpaired) electrons. The first-order valence-electron chi connectivity index (χ1n) is 7.59. The van der Waals surface area contributed by atoms with Crippen LogP contribution in [-0.2, 0) is 14.9 Å². The van der Waals surface area contributed by atoms with Gasteiger partial charge in [0.15, 0.2) is 0 Å². The maximum atomic E-state index is 11.8. The highest BCUT2D eigenvalue weighted by Gasteiger charge is 2.35. The van der Waals surface area contributed by atoms with Crippen molar-refractivity contribution in [2.75, 3.05) is 26.3 Å². The maximum Gasteiger partial charge on any atom is 0.314 e. The van der Waals surface area contributed by atoms with Crippen LogP contribution >= 0.6 is 11.6 Å². The molecular weight excluding hydrogens is 320 g/mol. The molecule has 1 aliphatic rings. The summed E-state index contributed by atoms with van der Waals surface area (Å²) in [6, 6.07) is 7.31. The fourth-order valence-corrected chi connectivity index (χ4v) is 2.93. The number of carbonyl (C=O) groups is 2. The lowest BCUT2D eigenvalue weighted by molar-refractivity contribution is -0.136. The van der Waals surface area contributed by atoms with Gasteiger partial charge in [-0.05, 0) is 30.5 Å². The number of nitrogens with one attached hydrogen (secondary N) is 2. The van der Waals surface area contributed by atoms with Crippen molar-refractivity contribution in [1.82, 2.24) is 10.6 Å². The second kappa shape index (κ2) is 8.17. The third kappa shape index (κ3) is 5.11. The first-order valence-corrected chi connectivity index (χ1v) is 7.97. The van der Waals surface area contributed by atoms with Crippen LogP contribution in [0.25, 0.3) is 0 Å². The van der Waals surface area contributed by atoms with E-state index in [1.165, 1.54) is 0 Å². The van der Waals surface area contributed by atoms with E-state index in [4.69, 9.17) is 21.4 Å². The quantitative estimate of drug-likeness (QED) is 0.740. The molecular formula is C16H21ClN2O4. The summed E-state index contributed by atoms with van der Waals surface area (Å²) in [6.07, 6.45) is 1.49. The van der Waals surface area contributed by atoms with Crippen molar-refractivity contribution in [3.05, 3.63) is 34.9 Å². The average Bonchev–Trinajstić information content (AvgIpc) is 2.53. The number of urea groups is 1. The second-order valence-corrected chi connectivity index (χ2v) is 6.09. The van der Waals surface area contributed by atoms with E-state index in [1.807, 2.05) is 24.3 Å². The number of hydrogen-bond acceptors (Lipinski definition) is 3. The highest BCUT2D eigenvalue weighted by molar-refractivity contribution is 6.30. The molecule has 1 aromatic carbocycles. The minimum atomic E-state index is -0.940. The summed E-state index contributed by atoms with van der Waals surface area (Å²) in [5, 5.41) is 14.6. The van der Waals surface area contributed by atoms with Gasteiger partial charge in [-0.3, -0.25) is 4.79 Å². The van der Waals surface area contributed by atoms with Crippen molar-refractivity contribution in [1.29, 1.82) is 0 Å². The number of carboxylic acids is 1. The van der Waals surface area contributed by atoms with Gasteiger partial charge < -0.3 is 20.5 Å². The zero-order valence-electron chi connectivity index (χ0n) is 12.8. The third-order valence-corrected chi connectivity index (χ3v) is 4.33. The van der Waals surface area contributed by atoms with Gasteiger partial charge in [0, 0.05) is 36.7 Å². The Bertz CT molecular complexity index is 559. The van der Waals surface area contributed by atoms with E-state index in [1.54, 1.807) is 0 Å². The van der Waals surface area contributed by atoms with Gasteiger partial charge in [0.1, 0.15) is 0 Å². The molecule has 1 aromatic rings. The lowest BCUT2D eigenvalue weighted by Gasteiger charge is -2.38. The fourth-order valence-electron chi connectivity index (χ4n) is 2.74. The highest BCUT2D eigenvalue weighted by atomic mass is 35.5. The van der Waals surface area contributed by atoms with Crippen LogP contribution in [0.4, 0.5) is 4.79 Å². The molecule has 3 N–H and O–H groups in total. The number of benzene rings is 1. The lowest BCUT2D eigenvalue weighted by atomic mass is 9.74. The van der Waals surface area contributed by atoms with E-state index in [0.29, 0.717) is 24.8 Å². The van der Waals surface area contributed by atoms with Crippen molar-refractivity contribution in [2.45, 2.75) is 24.7 Å². The molecule has 0 saturated carbocycles. The van der Waals surface area contributed by atoms with Crippen LogP contribution < -0.4 is 10.6 Å². The molecule has 0 unspecified atom stereocenters. The van der Waals surface area contributed by atoms with Crippen molar-refractivity contribution in [3.8, 4) is 0 Å². The van der Waals surface area contributed by atoms with Gasteiger partial charge in [0.05, 0.1) is 6.42 Å². The number of ether oxygens (including phenoxy) is 1. The molecule has 0 bridgehead atoms. The van der Waals surface area contributed by atoms with Gasteiger partial charge in [0.25, 0.3) is 0 Å². The number of carboxylic acid groups (broad SMARTS) is 1. The molecule has 0 spiro atoms. The number of aliphatic carboxylic acids is 1. The summed E-state index contributed by atoms with van der Waals surface area (Å²) in [6.45, 7) is 1.83. The van der Waals surface area contributed by atoms with E-state index < -0.39 is 5.97 Å². The number of amides is 2. The lowest BCUT2D eigenvalue weighted by Crippen LogP contribution is -2.47. The standard InChI is InChI=1S/C16H21ClN2O4/c17-13-3-1-2-12(10-13)16(5-8-23-9-6-16)11-19-15(22)18-7-4-14(20)21/h1-3,10H,4-9,11H2,(H,20,21)(H2,18,19,22). The second-order valence-electron chi connectivity index (χ2n) is 5.66. The summed E-state index contributed by atoms with van der Waals surface area (Å²) in [7, 11) is 0. The Morgan fingerprint density at radius 3 is 2.65 bits per heavy atom. The molecule has 0 aliphatic carbocycles. The molecule has 1 aliphatic heterocycles. The SMILES string of the molecule is O=C(O)CCNC(=O)NCC1(c2cccc(Cl)c2)CCOCC1.